The third kappa shape index (κ3) is 4.65. The van der Waals surface area contributed by atoms with Crippen molar-refractivity contribution in [3.63, 3.8) is 0 Å². The summed E-state index contributed by atoms with van der Waals surface area (Å²) < 4.78 is 5.40. The number of fused-ring (bicyclic) bond motifs is 1. The molecule has 0 atom stereocenters. The second kappa shape index (κ2) is 9.14. The number of benzene rings is 4. The molecule has 0 aromatic heterocycles. The van der Waals surface area contributed by atoms with E-state index in [1.807, 2.05) is 43.3 Å². The molecule has 0 radical (unpaired) electrons. The number of carbonyl (C=O) groups is 2. The summed E-state index contributed by atoms with van der Waals surface area (Å²) in [6.45, 7) is 1.85. The van der Waals surface area contributed by atoms with Crippen molar-refractivity contribution < 1.29 is 19.4 Å². The highest BCUT2D eigenvalue weighted by atomic mass is 16.5. The lowest BCUT2D eigenvalue weighted by Crippen LogP contribution is -2.17. The van der Waals surface area contributed by atoms with Crippen LogP contribution in [0.3, 0.4) is 0 Å². The zero-order valence-corrected chi connectivity index (χ0v) is 17.3. The Balaban J connectivity index is 1.39. The van der Waals surface area contributed by atoms with Crippen LogP contribution >= 0.6 is 0 Å². The lowest BCUT2D eigenvalue weighted by molar-refractivity contribution is 0.0733. The smallest absolute Gasteiger partial charge is 0.343 e. The van der Waals surface area contributed by atoms with Gasteiger partial charge < -0.3 is 9.84 Å². The standard InChI is InChI=1S/C26H20N2O4/c1-17-6-2-5-9-22(17)26(31)32-21-12-10-18(11-13-21)16-27-28-25(30)23-14-19-7-3-4-8-20(19)15-24(23)29/h2-16,29H,1H3,(H,28,30)/b27-16-. The largest absolute Gasteiger partial charge is 0.507 e. The SMILES string of the molecule is Cc1ccccc1C(=O)Oc1ccc(/C=N\NC(=O)c2cc3ccccc3cc2O)cc1. The highest BCUT2D eigenvalue weighted by Gasteiger charge is 2.12. The van der Waals surface area contributed by atoms with Gasteiger partial charge in [0.25, 0.3) is 5.91 Å². The lowest BCUT2D eigenvalue weighted by atomic mass is 10.1. The first-order chi connectivity index (χ1) is 15.5. The molecule has 4 aromatic rings. The molecule has 6 heteroatoms. The molecule has 1 amide bonds. The number of ether oxygens (including phenoxy) is 1. The number of aryl methyl sites for hydroxylation is 1. The van der Waals surface area contributed by atoms with Gasteiger partial charge in [-0.25, -0.2) is 10.2 Å². The van der Waals surface area contributed by atoms with Crippen LogP contribution in [0, 0.1) is 6.92 Å². The fourth-order valence-corrected chi connectivity index (χ4v) is 3.22. The summed E-state index contributed by atoms with van der Waals surface area (Å²) >= 11 is 0. The maximum Gasteiger partial charge on any atom is 0.343 e. The topological polar surface area (TPSA) is 88.0 Å². The van der Waals surface area contributed by atoms with Crippen LogP contribution in [-0.4, -0.2) is 23.2 Å². The lowest BCUT2D eigenvalue weighted by Gasteiger charge is -2.07. The van der Waals surface area contributed by atoms with Crippen molar-refractivity contribution in [1.82, 2.24) is 5.43 Å². The van der Waals surface area contributed by atoms with Crippen LogP contribution in [0.5, 0.6) is 11.5 Å². The van der Waals surface area contributed by atoms with E-state index in [4.69, 9.17) is 4.74 Å². The van der Waals surface area contributed by atoms with Crippen LogP contribution in [-0.2, 0) is 0 Å². The number of aromatic hydroxyl groups is 1. The van der Waals surface area contributed by atoms with Gasteiger partial charge in [-0.05, 0) is 71.3 Å². The molecular formula is C26H20N2O4. The van der Waals surface area contributed by atoms with Crippen LogP contribution in [0.15, 0.2) is 90.0 Å². The number of nitrogens with zero attached hydrogens (tertiary/aromatic N) is 1. The minimum absolute atomic E-state index is 0.115. The number of rotatable bonds is 5. The van der Waals surface area contributed by atoms with Crippen LogP contribution in [0.4, 0.5) is 0 Å². The van der Waals surface area contributed by atoms with Crippen LogP contribution in [0.1, 0.15) is 31.8 Å². The number of esters is 1. The monoisotopic (exact) mass is 424 g/mol. The molecule has 32 heavy (non-hydrogen) atoms. The molecule has 4 aromatic carbocycles. The second-order valence-corrected chi connectivity index (χ2v) is 7.19. The average Bonchev–Trinajstić information content (AvgIpc) is 2.80. The Bertz CT molecular complexity index is 1330. The van der Waals surface area contributed by atoms with Crippen molar-refractivity contribution in [1.29, 1.82) is 0 Å². The number of nitrogens with one attached hydrogen (secondary N) is 1. The van der Waals surface area contributed by atoms with Crippen molar-refractivity contribution in [2.24, 2.45) is 5.10 Å². The minimum Gasteiger partial charge on any atom is -0.507 e. The van der Waals surface area contributed by atoms with Crippen molar-refractivity contribution in [3.05, 3.63) is 107 Å². The van der Waals surface area contributed by atoms with Crippen molar-refractivity contribution in [2.45, 2.75) is 6.92 Å². The molecule has 0 fully saturated rings. The van der Waals surface area contributed by atoms with Gasteiger partial charge in [-0.3, -0.25) is 4.79 Å². The van der Waals surface area contributed by atoms with Gasteiger partial charge in [-0.1, -0.05) is 42.5 Å². The van der Waals surface area contributed by atoms with E-state index in [9.17, 15) is 14.7 Å². The van der Waals surface area contributed by atoms with E-state index in [1.165, 1.54) is 6.21 Å². The van der Waals surface area contributed by atoms with E-state index in [-0.39, 0.29) is 11.3 Å². The maximum atomic E-state index is 12.4. The van der Waals surface area contributed by atoms with Crippen molar-refractivity contribution in [2.75, 3.05) is 0 Å². The minimum atomic E-state index is -0.520. The van der Waals surface area contributed by atoms with Gasteiger partial charge in [0.15, 0.2) is 0 Å². The number of hydrogen-bond acceptors (Lipinski definition) is 5. The molecular weight excluding hydrogens is 404 g/mol. The van der Waals surface area contributed by atoms with Gasteiger partial charge in [0, 0.05) is 0 Å². The van der Waals surface area contributed by atoms with Crippen LogP contribution < -0.4 is 10.2 Å². The van der Waals surface area contributed by atoms with Gasteiger partial charge >= 0.3 is 5.97 Å². The molecule has 2 N–H and O–H groups in total. The predicted octanol–water partition coefficient (Wildman–Crippen LogP) is 4.84. The molecule has 0 unspecified atom stereocenters. The first kappa shape index (κ1) is 20.8. The zero-order valence-electron chi connectivity index (χ0n) is 17.3. The Hall–Kier alpha value is -4.45. The van der Waals surface area contributed by atoms with Crippen molar-refractivity contribution in [3.8, 4) is 11.5 Å². The Morgan fingerprint density at radius 3 is 2.25 bits per heavy atom. The Morgan fingerprint density at radius 1 is 0.875 bits per heavy atom. The van der Waals surface area contributed by atoms with E-state index < -0.39 is 11.9 Å². The number of amides is 1. The summed E-state index contributed by atoms with van der Waals surface area (Å²) in [5, 5.41) is 15.8. The highest BCUT2D eigenvalue weighted by molar-refractivity contribution is 6.01. The number of hydrazone groups is 1. The van der Waals surface area contributed by atoms with Gasteiger partial charge in [-0.15, -0.1) is 0 Å². The third-order valence-electron chi connectivity index (χ3n) is 4.94. The number of phenols is 1. The van der Waals surface area contributed by atoms with E-state index in [0.717, 1.165) is 16.3 Å². The Labute approximate surface area is 184 Å². The van der Waals surface area contributed by atoms with E-state index in [2.05, 4.69) is 10.5 Å². The van der Waals surface area contributed by atoms with E-state index >= 15 is 0 Å². The first-order valence-electron chi connectivity index (χ1n) is 9.94. The average molecular weight is 424 g/mol. The Kier molecular flexibility index (Phi) is 5.94. The molecule has 0 saturated heterocycles. The summed E-state index contributed by atoms with van der Waals surface area (Å²) in [4.78, 5) is 24.7. The molecule has 0 heterocycles. The number of hydrogen-bond donors (Lipinski definition) is 2. The first-order valence-corrected chi connectivity index (χ1v) is 9.94. The normalized spacial score (nSPS) is 10.9. The summed E-state index contributed by atoms with van der Waals surface area (Å²) in [5.74, 6) is -0.656. The molecule has 4 rings (SSSR count). The fourth-order valence-electron chi connectivity index (χ4n) is 3.22. The van der Waals surface area contributed by atoms with Gasteiger partial charge in [0.1, 0.15) is 11.5 Å². The van der Waals surface area contributed by atoms with E-state index in [1.54, 1.807) is 48.5 Å². The maximum absolute atomic E-state index is 12.4. The van der Waals surface area contributed by atoms with Gasteiger partial charge in [-0.2, -0.15) is 5.10 Å². The predicted molar refractivity (Wildman–Crippen MR) is 123 cm³/mol. The number of carbonyl (C=O) groups excluding carboxylic acids is 2. The molecule has 6 nitrogen and oxygen atoms in total. The Morgan fingerprint density at radius 2 is 1.53 bits per heavy atom. The summed E-state index contributed by atoms with van der Waals surface area (Å²) in [5.41, 5.74) is 4.60. The van der Waals surface area contributed by atoms with Gasteiger partial charge in [0.05, 0.1) is 17.3 Å². The van der Waals surface area contributed by atoms with Gasteiger partial charge in [0.2, 0.25) is 0 Å². The van der Waals surface area contributed by atoms with Crippen LogP contribution in [0.2, 0.25) is 0 Å². The summed E-state index contributed by atoms with van der Waals surface area (Å²) in [7, 11) is 0. The van der Waals surface area contributed by atoms with Crippen molar-refractivity contribution >= 4 is 28.9 Å². The fraction of sp³-hybridized carbons (Fsp3) is 0.0385. The summed E-state index contributed by atoms with van der Waals surface area (Å²) in [6, 6.07) is 24.5. The van der Waals surface area contributed by atoms with Crippen LogP contribution in [0.25, 0.3) is 10.8 Å². The number of phenolic OH excluding ortho intramolecular Hbond substituents is 1. The molecule has 0 spiro atoms. The summed E-state index contributed by atoms with van der Waals surface area (Å²) in [6.07, 6.45) is 1.46. The molecule has 0 aliphatic heterocycles. The van der Waals surface area contributed by atoms with E-state index in [0.29, 0.717) is 16.9 Å². The quantitative estimate of drug-likeness (QED) is 0.208. The molecule has 0 aliphatic rings. The third-order valence-corrected chi connectivity index (χ3v) is 4.94. The zero-order chi connectivity index (χ0) is 22.5. The molecule has 0 saturated carbocycles. The molecule has 0 aliphatic carbocycles. The highest BCUT2D eigenvalue weighted by Crippen LogP contribution is 2.24. The molecule has 0 bridgehead atoms. The molecule has 158 valence electrons. The second-order valence-electron chi connectivity index (χ2n) is 7.19.